The van der Waals surface area contributed by atoms with Crippen molar-refractivity contribution >= 4 is 86.7 Å². The number of benzene rings is 2. The van der Waals surface area contributed by atoms with Crippen LogP contribution in [0.15, 0.2) is 30.0 Å². The highest BCUT2D eigenvalue weighted by atomic mass is 79.9. The van der Waals surface area contributed by atoms with Crippen molar-refractivity contribution in [2.24, 2.45) is 0 Å². The van der Waals surface area contributed by atoms with Crippen LogP contribution >= 0.6 is 63.7 Å². The third-order valence-corrected chi connectivity index (χ3v) is 6.01. The van der Waals surface area contributed by atoms with Crippen molar-refractivity contribution < 1.29 is 9.59 Å². The largest absolute Gasteiger partial charge is 0.397 e. The fourth-order valence-corrected chi connectivity index (χ4v) is 5.12. The molecule has 1 aliphatic carbocycles. The summed E-state index contributed by atoms with van der Waals surface area (Å²) in [6, 6.07) is 3.31. The summed E-state index contributed by atoms with van der Waals surface area (Å²) in [6.07, 6.45) is 0. The molecule has 0 unspecified atom stereocenters. The van der Waals surface area contributed by atoms with E-state index in [1.54, 1.807) is 12.1 Å². The molecule has 4 N–H and O–H groups in total. The summed E-state index contributed by atoms with van der Waals surface area (Å²) in [5.41, 5.74) is 13.3. The van der Waals surface area contributed by atoms with Crippen LogP contribution in [0.25, 0.3) is 0 Å². The second kappa shape index (κ2) is 5.43. The van der Waals surface area contributed by atoms with Gasteiger partial charge in [-0.25, -0.2) is 0 Å². The van der Waals surface area contributed by atoms with Gasteiger partial charge in [0, 0.05) is 17.9 Å². The highest BCUT2D eigenvalue weighted by molar-refractivity contribution is 9.11. The van der Waals surface area contributed by atoms with Crippen LogP contribution in [0, 0.1) is 0 Å². The molecule has 0 aliphatic heterocycles. The van der Waals surface area contributed by atoms with E-state index < -0.39 is 0 Å². The molecule has 1 aliphatic rings. The normalized spacial score (nSPS) is 13.1. The van der Waals surface area contributed by atoms with Crippen LogP contribution in [0.4, 0.5) is 11.4 Å². The van der Waals surface area contributed by atoms with Crippen LogP contribution in [0.2, 0.25) is 0 Å². The van der Waals surface area contributed by atoms with E-state index >= 15 is 0 Å². The van der Waals surface area contributed by atoms with Crippen LogP contribution in [0.5, 0.6) is 0 Å². The molecule has 0 heterocycles. The van der Waals surface area contributed by atoms with Gasteiger partial charge in [0.1, 0.15) is 0 Å². The predicted molar refractivity (Wildman–Crippen MR) is 99.4 cm³/mol. The fourth-order valence-electron chi connectivity index (χ4n) is 2.44. The number of carbonyl (C=O) groups is 2. The van der Waals surface area contributed by atoms with Crippen molar-refractivity contribution in [3.8, 4) is 0 Å². The summed E-state index contributed by atoms with van der Waals surface area (Å²) in [5.74, 6) is -0.676. The maximum absolute atomic E-state index is 12.9. The molecular formula is C14H6Br4N2O2. The number of nitrogen functional groups attached to an aromatic ring is 2. The summed E-state index contributed by atoms with van der Waals surface area (Å²) >= 11 is 13.2. The molecule has 22 heavy (non-hydrogen) atoms. The molecule has 0 saturated carbocycles. The lowest BCUT2D eigenvalue weighted by atomic mass is 9.82. The van der Waals surface area contributed by atoms with Gasteiger partial charge in [0.05, 0.1) is 33.6 Å². The van der Waals surface area contributed by atoms with E-state index in [-0.39, 0.29) is 45.2 Å². The number of anilines is 2. The van der Waals surface area contributed by atoms with E-state index in [9.17, 15) is 9.59 Å². The van der Waals surface area contributed by atoms with E-state index in [4.69, 9.17) is 11.5 Å². The molecule has 0 atom stereocenters. The Morgan fingerprint density at radius 2 is 0.909 bits per heavy atom. The lowest BCUT2D eigenvalue weighted by Crippen LogP contribution is -2.25. The Morgan fingerprint density at radius 1 is 0.591 bits per heavy atom. The van der Waals surface area contributed by atoms with Crippen molar-refractivity contribution in [1.82, 2.24) is 0 Å². The van der Waals surface area contributed by atoms with E-state index in [0.29, 0.717) is 17.9 Å². The number of nitrogens with two attached hydrogens (primary N) is 2. The molecule has 112 valence electrons. The number of halogens is 4. The minimum Gasteiger partial charge on any atom is -0.397 e. The minimum absolute atomic E-state index is 0.162. The van der Waals surface area contributed by atoms with Gasteiger partial charge in [0.2, 0.25) is 0 Å². The highest BCUT2D eigenvalue weighted by Gasteiger charge is 2.37. The molecule has 0 saturated heterocycles. The predicted octanol–water partition coefficient (Wildman–Crippen LogP) is 4.68. The van der Waals surface area contributed by atoms with E-state index in [1.165, 1.54) is 0 Å². The molecule has 0 fully saturated rings. The van der Waals surface area contributed by atoms with Gasteiger partial charge in [-0.3, -0.25) is 9.59 Å². The highest BCUT2D eigenvalue weighted by Crippen LogP contribution is 2.44. The maximum Gasteiger partial charge on any atom is 0.198 e. The smallest absolute Gasteiger partial charge is 0.198 e. The Kier molecular flexibility index (Phi) is 3.99. The van der Waals surface area contributed by atoms with Crippen molar-refractivity contribution in [3.63, 3.8) is 0 Å². The molecule has 3 rings (SSSR count). The number of fused-ring (bicyclic) bond motifs is 2. The Labute approximate surface area is 159 Å². The first-order valence-corrected chi connectivity index (χ1v) is 9.07. The van der Waals surface area contributed by atoms with Crippen LogP contribution < -0.4 is 11.5 Å². The zero-order valence-corrected chi connectivity index (χ0v) is 17.0. The zero-order chi connectivity index (χ0) is 16.3. The zero-order valence-electron chi connectivity index (χ0n) is 10.6. The van der Waals surface area contributed by atoms with Gasteiger partial charge in [-0.2, -0.15) is 0 Å². The number of hydrogen-bond donors (Lipinski definition) is 2. The molecule has 0 bridgehead atoms. The lowest BCUT2D eigenvalue weighted by molar-refractivity contribution is 0.0979. The van der Waals surface area contributed by atoms with Gasteiger partial charge in [0.15, 0.2) is 11.6 Å². The molecule has 2 aromatic carbocycles. The summed E-state index contributed by atoms with van der Waals surface area (Å²) in [5, 5.41) is 0. The topological polar surface area (TPSA) is 86.2 Å². The molecule has 0 radical (unpaired) electrons. The first-order valence-electron chi connectivity index (χ1n) is 5.90. The fraction of sp³-hybridized carbons (Fsp3) is 0. The Balaban J connectivity index is 2.49. The first kappa shape index (κ1) is 16.2. The van der Waals surface area contributed by atoms with Crippen LogP contribution in [0.3, 0.4) is 0 Å². The summed E-state index contributed by atoms with van der Waals surface area (Å²) in [6.45, 7) is 0. The second-order valence-electron chi connectivity index (χ2n) is 4.67. The SMILES string of the molecule is Nc1c(Br)cc(Br)c2c1C(=O)c1c(N)c(Br)cc(Br)c1C2=O. The molecule has 0 amide bonds. The van der Waals surface area contributed by atoms with Gasteiger partial charge in [-0.1, -0.05) is 0 Å². The number of ketones is 2. The Morgan fingerprint density at radius 3 is 1.27 bits per heavy atom. The summed E-state index contributed by atoms with van der Waals surface area (Å²) < 4.78 is 2.08. The van der Waals surface area contributed by atoms with Gasteiger partial charge in [-0.15, -0.1) is 0 Å². The van der Waals surface area contributed by atoms with Gasteiger partial charge in [-0.05, 0) is 75.9 Å². The average molecular weight is 554 g/mol. The second-order valence-corrected chi connectivity index (χ2v) is 8.08. The van der Waals surface area contributed by atoms with Gasteiger partial charge < -0.3 is 11.5 Å². The van der Waals surface area contributed by atoms with Crippen LogP contribution in [-0.2, 0) is 0 Å². The summed E-state index contributed by atoms with van der Waals surface area (Å²) in [7, 11) is 0. The van der Waals surface area contributed by atoms with Crippen molar-refractivity contribution in [2.45, 2.75) is 0 Å². The molecular weight excluding hydrogens is 548 g/mol. The average Bonchev–Trinajstić information content (AvgIpc) is 2.44. The van der Waals surface area contributed by atoms with E-state index in [1.807, 2.05) is 0 Å². The Hall–Kier alpha value is -0.700. The number of carbonyl (C=O) groups excluding carboxylic acids is 2. The molecule has 2 aromatic rings. The van der Waals surface area contributed by atoms with Crippen LogP contribution in [-0.4, -0.2) is 11.6 Å². The van der Waals surface area contributed by atoms with Crippen molar-refractivity contribution in [2.75, 3.05) is 11.5 Å². The third-order valence-electron chi connectivity index (χ3n) is 3.45. The number of hydrogen-bond acceptors (Lipinski definition) is 4. The van der Waals surface area contributed by atoms with Crippen molar-refractivity contribution in [3.05, 3.63) is 52.3 Å². The molecule has 4 nitrogen and oxygen atoms in total. The van der Waals surface area contributed by atoms with Crippen LogP contribution in [0.1, 0.15) is 31.8 Å². The van der Waals surface area contributed by atoms with E-state index in [0.717, 1.165) is 0 Å². The van der Waals surface area contributed by atoms with Crippen molar-refractivity contribution in [1.29, 1.82) is 0 Å². The standard InChI is InChI=1S/C14H6Br4N2O2/c15-3-1-5(17)11(19)9-7(3)13(21)8-4(16)2-6(18)12(20)10(8)14(9)22/h1-2H,19-20H2. The summed E-state index contributed by atoms with van der Waals surface area (Å²) in [4.78, 5) is 25.8. The Bertz CT molecular complexity index is 824. The number of rotatable bonds is 0. The first-order chi connectivity index (χ1) is 10.3. The molecule has 0 aromatic heterocycles. The maximum atomic E-state index is 12.9. The minimum atomic E-state index is -0.372. The lowest BCUT2D eigenvalue weighted by Gasteiger charge is -2.23. The monoisotopic (exact) mass is 550 g/mol. The molecule has 0 spiro atoms. The van der Waals surface area contributed by atoms with Gasteiger partial charge >= 0.3 is 0 Å². The third kappa shape index (κ3) is 2.11. The van der Waals surface area contributed by atoms with E-state index in [2.05, 4.69) is 63.7 Å². The quantitative estimate of drug-likeness (QED) is 0.396. The van der Waals surface area contributed by atoms with Gasteiger partial charge in [0.25, 0.3) is 0 Å². The molecule has 8 heteroatoms.